The first-order chi connectivity index (χ1) is 9.36. The second-order valence-corrected chi connectivity index (χ2v) is 4.16. The maximum absolute atomic E-state index is 9.41. The Kier molecular flexibility index (Phi) is 3.16. The van der Waals surface area contributed by atoms with Crippen LogP contribution in [0.15, 0.2) is 53.1 Å². The molecule has 0 amide bonds. The van der Waals surface area contributed by atoms with Crippen LogP contribution in [0.2, 0.25) is 0 Å². The van der Waals surface area contributed by atoms with Crippen LogP contribution < -0.4 is 4.74 Å². The number of pyridine rings is 1. The van der Waals surface area contributed by atoms with Crippen molar-refractivity contribution in [3.8, 4) is 5.88 Å². The van der Waals surface area contributed by atoms with Crippen molar-refractivity contribution in [2.75, 3.05) is 0 Å². The molecule has 0 bridgehead atoms. The number of hydrogen-bond acceptors (Lipinski definition) is 4. The molecule has 1 aromatic carbocycles. The Morgan fingerprint density at radius 3 is 2.84 bits per heavy atom. The second kappa shape index (κ2) is 5.12. The van der Waals surface area contributed by atoms with Gasteiger partial charge in [0.15, 0.2) is 0 Å². The molecule has 0 aliphatic heterocycles. The highest BCUT2D eigenvalue weighted by Crippen LogP contribution is 2.22. The lowest BCUT2D eigenvalue weighted by Crippen LogP contribution is -1.98. The lowest BCUT2D eigenvalue weighted by Gasteiger charge is -2.08. The summed E-state index contributed by atoms with van der Waals surface area (Å²) in [7, 11) is 0. The third-order valence-corrected chi connectivity index (χ3v) is 2.89. The lowest BCUT2D eigenvalue weighted by molar-refractivity contribution is 0.258. The van der Waals surface area contributed by atoms with Gasteiger partial charge in [-0.2, -0.15) is 0 Å². The van der Waals surface area contributed by atoms with Crippen molar-refractivity contribution >= 4 is 10.9 Å². The van der Waals surface area contributed by atoms with Crippen LogP contribution in [0.25, 0.3) is 10.9 Å². The minimum absolute atomic E-state index is 0.0415. The van der Waals surface area contributed by atoms with Gasteiger partial charge in [-0.1, -0.05) is 18.2 Å². The van der Waals surface area contributed by atoms with E-state index in [9.17, 15) is 5.11 Å². The molecule has 0 saturated heterocycles. The Hall–Kier alpha value is -2.33. The molecule has 0 fully saturated rings. The van der Waals surface area contributed by atoms with Crippen molar-refractivity contribution in [2.24, 2.45) is 0 Å². The summed E-state index contributed by atoms with van der Waals surface area (Å²) in [6.07, 6.45) is 1.60. The van der Waals surface area contributed by atoms with Gasteiger partial charge in [-0.3, -0.25) is 0 Å². The predicted molar refractivity (Wildman–Crippen MR) is 70.7 cm³/mol. The molecule has 1 N–H and O–H groups in total. The SMILES string of the molecule is OCc1cc(OCc2ccco2)nc2ccccc12. The van der Waals surface area contributed by atoms with E-state index in [0.29, 0.717) is 12.5 Å². The van der Waals surface area contributed by atoms with Crippen molar-refractivity contribution in [1.82, 2.24) is 4.98 Å². The largest absolute Gasteiger partial charge is 0.469 e. The molecule has 2 aromatic heterocycles. The fraction of sp³-hybridized carbons (Fsp3) is 0.133. The van der Waals surface area contributed by atoms with Crippen LogP contribution in [0.4, 0.5) is 0 Å². The molecule has 2 heterocycles. The van der Waals surface area contributed by atoms with Gasteiger partial charge in [0, 0.05) is 11.5 Å². The van der Waals surface area contributed by atoms with Gasteiger partial charge in [0.05, 0.1) is 18.4 Å². The molecular weight excluding hydrogens is 242 g/mol. The maximum atomic E-state index is 9.41. The Bertz CT molecular complexity index is 677. The number of furan rings is 1. The van der Waals surface area contributed by atoms with Crippen LogP contribution in [0.1, 0.15) is 11.3 Å². The van der Waals surface area contributed by atoms with Crippen LogP contribution in [-0.4, -0.2) is 10.1 Å². The smallest absolute Gasteiger partial charge is 0.214 e. The molecule has 0 radical (unpaired) electrons. The first kappa shape index (κ1) is 11.7. The molecule has 19 heavy (non-hydrogen) atoms. The van der Waals surface area contributed by atoms with E-state index in [1.165, 1.54) is 0 Å². The summed E-state index contributed by atoms with van der Waals surface area (Å²) in [5, 5.41) is 10.4. The molecule has 0 aliphatic rings. The fourth-order valence-corrected chi connectivity index (χ4v) is 1.96. The highest BCUT2D eigenvalue weighted by Gasteiger charge is 2.06. The van der Waals surface area contributed by atoms with E-state index in [4.69, 9.17) is 9.15 Å². The van der Waals surface area contributed by atoms with Crippen LogP contribution in [0.5, 0.6) is 5.88 Å². The van der Waals surface area contributed by atoms with Crippen molar-refractivity contribution in [3.05, 3.63) is 60.1 Å². The van der Waals surface area contributed by atoms with Crippen LogP contribution >= 0.6 is 0 Å². The van der Waals surface area contributed by atoms with Crippen molar-refractivity contribution in [2.45, 2.75) is 13.2 Å². The predicted octanol–water partition coefficient (Wildman–Crippen LogP) is 2.90. The maximum Gasteiger partial charge on any atom is 0.214 e. The zero-order chi connectivity index (χ0) is 13.1. The Morgan fingerprint density at radius 1 is 1.16 bits per heavy atom. The van der Waals surface area contributed by atoms with Gasteiger partial charge in [-0.25, -0.2) is 4.98 Å². The Morgan fingerprint density at radius 2 is 2.05 bits per heavy atom. The summed E-state index contributed by atoms with van der Waals surface area (Å²) in [5.74, 6) is 1.22. The molecule has 0 atom stereocenters. The molecular formula is C15H13NO3. The Balaban J connectivity index is 1.91. The molecule has 0 aliphatic carbocycles. The first-order valence-corrected chi connectivity index (χ1v) is 6.01. The zero-order valence-electron chi connectivity index (χ0n) is 10.2. The second-order valence-electron chi connectivity index (χ2n) is 4.16. The van der Waals surface area contributed by atoms with Crippen LogP contribution in [0, 0.1) is 0 Å². The topological polar surface area (TPSA) is 55.5 Å². The number of fused-ring (bicyclic) bond motifs is 1. The van der Waals surface area contributed by atoms with Crippen LogP contribution in [-0.2, 0) is 13.2 Å². The summed E-state index contributed by atoms with van der Waals surface area (Å²) >= 11 is 0. The summed E-state index contributed by atoms with van der Waals surface area (Å²) < 4.78 is 10.8. The monoisotopic (exact) mass is 255 g/mol. The number of nitrogens with zero attached hydrogens (tertiary/aromatic N) is 1. The van der Waals surface area contributed by atoms with E-state index in [2.05, 4.69) is 4.98 Å². The van der Waals surface area contributed by atoms with Gasteiger partial charge in [0.25, 0.3) is 0 Å². The quantitative estimate of drug-likeness (QED) is 0.778. The summed E-state index contributed by atoms with van der Waals surface area (Å²) in [6.45, 7) is 0.281. The molecule has 0 unspecified atom stereocenters. The number of ether oxygens (including phenoxy) is 1. The lowest BCUT2D eigenvalue weighted by atomic mass is 10.1. The normalized spacial score (nSPS) is 10.8. The van der Waals surface area contributed by atoms with Gasteiger partial charge < -0.3 is 14.3 Å². The number of benzene rings is 1. The minimum atomic E-state index is -0.0415. The number of hydrogen-bond donors (Lipinski definition) is 1. The third-order valence-electron chi connectivity index (χ3n) is 2.89. The summed E-state index contributed by atoms with van der Waals surface area (Å²) in [4.78, 5) is 4.41. The fourth-order valence-electron chi connectivity index (χ4n) is 1.96. The number of aliphatic hydroxyl groups excluding tert-OH is 1. The van der Waals surface area contributed by atoms with Crippen molar-refractivity contribution in [3.63, 3.8) is 0 Å². The highest BCUT2D eigenvalue weighted by atomic mass is 16.5. The van der Waals surface area contributed by atoms with Gasteiger partial charge >= 0.3 is 0 Å². The zero-order valence-corrected chi connectivity index (χ0v) is 10.2. The average molecular weight is 255 g/mol. The van der Waals surface area contributed by atoms with Gasteiger partial charge in [-0.15, -0.1) is 0 Å². The molecule has 0 saturated carbocycles. The van der Waals surface area contributed by atoms with E-state index < -0.39 is 0 Å². The standard InChI is InChI=1S/C15H13NO3/c17-9-11-8-15(19-10-12-4-3-7-18-12)16-14-6-2-1-5-13(11)14/h1-8,17H,9-10H2. The number of aromatic nitrogens is 1. The highest BCUT2D eigenvalue weighted by molar-refractivity contribution is 5.82. The molecule has 4 nitrogen and oxygen atoms in total. The van der Waals surface area contributed by atoms with E-state index in [1.54, 1.807) is 12.3 Å². The molecule has 0 spiro atoms. The molecule has 3 aromatic rings. The molecule has 96 valence electrons. The summed E-state index contributed by atoms with van der Waals surface area (Å²) in [6, 6.07) is 13.1. The van der Waals surface area contributed by atoms with Gasteiger partial charge in [0.1, 0.15) is 12.4 Å². The number of aliphatic hydroxyl groups is 1. The Labute approximate surface area is 110 Å². The van der Waals surface area contributed by atoms with Crippen molar-refractivity contribution < 1.29 is 14.3 Å². The van der Waals surface area contributed by atoms with E-state index in [0.717, 1.165) is 22.2 Å². The summed E-state index contributed by atoms with van der Waals surface area (Å²) in [5.41, 5.74) is 1.61. The van der Waals surface area contributed by atoms with E-state index in [-0.39, 0.29) is 6.61 Å². The number of rotatable bonds is 4. The van der Waals surface area contributed by atoms with Gasteiger partial charge in [-0.05, 0) is 23.8 Å². The first-order valence-electron chi connectivity index (χ1n) is 6.01. The third kappa shape index (κ3) is 2.44. The van der Waals surface area contributed by atoms with E-state index in [1.807, 2.05) is 36.4 Å². The number of para-hydroxylation sites is 1. The van der Waals surface area contributed by atoms with Gasteiger partial charge in [0.2, 0.25) is 5.88 Å². The average Bonchev–Trinajstić information content (AvgIpc) is 2.97. The van der Waals surface area contributed by atoms with Crippen LogP contribution in [0.3, 0.4) is 0 Å². The van der Waals surface area contributed by atoms with E-state index >= 15 is 0 Å². The minimum Gasteiger partial charge on any atom is -0.469 e. The molecule has 4 heteroatoms. The van der Waals surface area contributed by atoms with Crippen molar-refractivity contribution in [1.29, 1.82) is 0 Å². The molecule has 3 rings (SSSR count).